The summed E-state index contributed by atoms with van der Waals surface area (Å²) >= 11 is 0. The second kappa shape index (κ2) is 4.82. The fourth-order valence-electron chi connectivity index (χ4n) is 3.13. The molecule has 4 nitrogen and oxygen atoms in total. The average molecular weight is 254 g/mol. The molecule has 0 aromatic heterocycles. The van der Waals surface area contributed by atoms with Gasteiger partial charge >= 0.3 is 0 Å². The van der Waals surface area contributed by atoms with Crippen molar-refractivity contribution in [3.63, 3.8) is 0 Å². The van der Waals surface area contributed by atoms with Crippen LogP contribution in [0.2, 0.25) is 0 Å². The fraction of sp³-hybridized carbons (Fsp3) is 0.929. The zero-order chi connectivity index (χ0) is 13.4. The van der Waals surface area contributed by atoms with E-state index >= 15 is 0 Å². The fourth-order valence-corrected chi connectivity index (χ4v) is 3.13. The van der Waals surface area contributed by atoms with Crippen LogP contribution in [0.1, 0.15) is 46.5 Å². The molecule has 2 fully saturated rings. The van der Waals surface area contributed by atoms with Crippen LogP contribution in [0, 0.1) is 5.41 Å². The van der Waals surface area contributed by atoms with Crippen LogP contribution in [0.15, 0.2) is 0 Å². The number of nitrogens with one attached hydrogen (secondary N) is 2. The van der Waals surface area contributed by atoms with Crippen molar-refractivity contribution < 1.29 is 9.53 Å². The van der Waals surface area contributed by atoms with Gasteiger partial charge in [0.1, 0.15) is 0 Å². The lowest BCUT2D eigenvalue weighted by Gasteiger charge is -2.59. The van der Waals surface area contributed by atoms with E-state index in [2.05, 4.69) is 31.4 Å². The first kappa shape index (κ1) is 13.8. The Kier molecular flexibility index (Phi) is 3.70. The van der Waals surface area contributed by atoms with E-state index in [9.17, 15) is 4.79 Å². The quantitative estimate of drug-likeness (QED) is 0.798. The highest BCUT2D eigenvalue weighted by atomic mass is 16.5. The molecule has 2 N–H and O–H groups in total. The second-order valence-electron chi connectivity index (χ2n) is 6.48. The molecule has 2 rings (SSSR count). The molecule has 1 amide bonds. The van der Waals surface area contributed by atoms with Crippen molar-refractivity contribution in [1.82, 2.24) is 10.6 Å². The molecule has 1 saturated heterocycles. The van der Waals surface area contributed by atoms with E-state index in [1.54, 1.807) is 7.11 Å². The van der Waals surface area contributed by atoms with Crippen molar-refractivity contribution in [2.45, 2.75) is 64.1 Å². The summed E-state index contributed by atoms with van der Waals surface area (Å²) in [6.45, 7) is 7.50. The van der Waals surface area contributed by atoms with Gasteiger partial charge in [-0.15, -0.1) is 0 Å². The predicted octanol–water partition coefficient (Wildman–Crippen LogP) is 1.45. The summed E-state index contributed by atoms with van der Waals surface area (Å²) in [5.74, 6) is 0.172. The highest BCUT2D eigenvalue weighted by Gasteiger charge is 2.58. The summed E-state index contributed by atoms with van der Waals surface area (Å²) < 4.78 is 5.57. The molecule has 104 valence electrons. The Labute approximate surface area is 110 Å². The topological polar surface area (TPSA) is 50.4 Å². The maximum atomic E-state index is 12.0. The van der Waals surface area contributed by atoms with Gasteiger partial charge in [-0.1, -0.05) is 13.8 Å². The summed E-state index contributed by atoms with van der Waals surface area (Å²) in [6.07, 6.45) is 3.82. The standard InChI is InChI=1S/C14H26N2O2/c1-13(2)11(9-14(13,3)18-4)16-12(17)8-10-6-5-7-15-10/h10-11,15H,5-9H2,1-4H3,(H,16,17). The van der Waals surface area contributed by atoms with Gasteiger partial charge in [0, 0.05) is 31.0 Å². The summed E-state index contributed by atoms with van der Waals surface area (Å²) in [5.41, 5.74) is -0.114. The molecule has 18 heavy (non-hydrogen) atoms. The van der Waals surface area contributed by atoms with E-state index < -0.39 is 0 Å². The number of amides is 1. The van der Waals surface area contributed by atoms with Gasteiger partial charge in [0.05, 0.1) is 5.60 Å². The van der Waals surface area contributed by atoms with Gasteiger partial charge in [0.15, 0.2) is 0 Å². The smallest absolute Gasteiger partial charge is 0.221 e. The van der Waals surface area contributed by atoms with Crippen molar-refractivity contribution in [1.29, 1.82) is 0 Å². The molecule has 0 radical (unpaired) electrons. The normalized spacial score (nSPS) is 38.2. The number of methoxy groups -OCH3 is 1. The number of rotatable bonds is 4. The van der Waals surface area contributed by atoms with Crippen LogP contribution in [0.3, 0.4) is 0 Å². The van der Waals surface area contributed by atoms with Crippen LogP contribution in [-0.2, 0) is 9.53 Å². The maximum Gasteiger partial charge on any atom is 0.221 e. The Morgan fingerprint density at radius 3 is 2.67 bits per heavy atom. The third-order valence-corrected chi connectivity index (χ3v) is 5.21. The van der Waals surface area contributed by atoms with Crippen molar-refractivity contribution in [3.05, 3.63) is 0 Å². The number of carbonyl (C=O) groups excluding carboxylic acids is 1. The third-order valence-electron chi connectivity index (χ3n) is 5.21. The van der Waals surface area contributed by atoms with Crippen LogP contribution in [0.25, 0.3) is 0 Å². The summed E-state index contributed by atoms with van der Waals surface area (Å²) in [6, 6.07) is 0.610. The van der Waals surface area contributed by atoms with Gasteiger partial charge in [-0.2, -0.15) is 0 Å². The molecule has 0 bridgehead atoms. The first-order valence-electron chi connectivity index (χ1n) is 6.97. The van der Waals surface area contributed by atoms with Crippen LogP contribution in [0.4, 0.5) is 0 Å². The summed E-state index contributed by atoms with van der Waals surface area (Å²) in [7, 11) is 1.75. The molecule has 1 saturated carbocycles. The van der Waals surface area contributed by atoms with E-state index in [-0.39, 0.29) is 23.0 Å². The molecule has 3 atom stereocenters. The zero-order valence-electron chi connectivity index (χ0n) is 12.0. The molecule has 1 aliphatic carbocycles. The van der Waals surface area contributed by atoms with E-state index in [1.807, 2.05) is 0 Å². The average Bonchev–Trinajstić information content (AvgIpc) is 2.80. The minimum absolute atomic E-state index is 0.000510. The summed E-state index contributed by atoms with van der Waals surface area (Å²) in [5, 5.41) is 6.52. The maximum absolute atomic E-state index is 12.0. The Hall–Kier alpha value is -0.610. The highest BCUT2D eigenvalue weighted by Crippen LogP contribution is 2.51. The van der Waals surface area contributed by atoms with Crippen molar-refractivity contribution in [2.24, 2.45) is 5.41 Å². The van der Waals surface area contributed by atoms with Gasteiger partial charge in [-0.3, -0.25) is 4.79 Å². The Bertz CT molecular complexity index is 324. The Morgan fingerprint density at radius 1 is 1.44 bits per heavy atom. The van der Waals surface area contributed by atoms with E-state index in [0.717, 1.165) is 19.4 Å². The van der Waals surface area contributed by atoms with Gasteiger partial charge in [-0.05, 0) is 32.7 Å². The molecular weight excluding hydrogens is 228 g/mol. The SMILES string of the molecule is COC1(C)CC(NC(=O)CC2CCCN2)C1(C)C. The van der Waals surface area contributed by atoms with Gasteiger partial charge in [0.25, 0.3) is 0 Å². The van der Waals surface area contributed by atoms with Crippen LogP contribution in [0.5, 0.6) is 0 Å². The lowest BCUT2D eigenvalue weighted by molar-refractivity contribution is -0.182. The first-order chi connectivity index (χ1) is 8.39. The minimum Gasteiger partial charge on any atom is -0.378 e. The van der Waals surface area contributed by atoms with Crippen LogP contribution >= 0.6 is 0 Å². The van der Waals surface area contributed by atoms with Crippen molar-refractivity contribution in [3.8, 4) is 0 Å². The van der Waals surface area contributed by atoms with Crippen molar-refractivity contribution >= 4 is 5.91 Å². The first-order valence-corrected chi connectivity index (χ1v) is 6.97. The predicted molar refractivity (Wildman–Crippen MR) is 71.4 cm³/mol. The molecule has 1 heterocycles. The molecule has 0 spiro atoms. The number of hydrogen-bond acceptors (Lipinski definition) is 3. The largest absolute Gasteiger partial charge is 0.378 e. The Morgan fingerprint density at radius 2 is 2.17 bits per heavy atom. The molecule has 1 aliphatic heterocycles. The molecular formula is C14H26N2O2. The summed E-state index contributed by atoms with van der Waals surface area (Å²) in [4.78, 5) is 12.0. The molecule has 4 heteroatoms. The molecule has 2 aliphatic rings. The molecule has 0 aromatic carbocycles. The number of carbonyl (C=O) groups is 1. The van der Waals surface area contributed by atoms with E-state index in [4.69, 9.17) is 4.74 Å². The van der Waals surface area contributed by atoms with Crippen LogP contribution in [-0.4, -0.2) is 37.2 Å². The van der Waals surface area contributed by atoms with Gasteiger partial charge in [0.2, 0.25) is 5.91 Å². The monoisotopic (exact) mass is 254 g/mol. The molecule has 0 aromatic rings. The van der Waals surface area contributed by atoms with E-state index in [0.29, 0.717) is 12.5 Å². The Balaban J connectivity index is 1.82. The highest BCUT2D eigenvalue weighted by molar-refractivity contribution is 5.77. The molecule has 3 unspecified atom stereocenters. The van der Waals surface area contributed by atoms with Gasteiger partial charge in [-0.25, -0.2) is 0 Å². The van der Waals surface area contributed by atoms with Crippen LogP contribution < -0.4 is 10.6 Å². The number of hydrogen-bond donors (Lipinski definition) is 2. The minimum atomic E-state index is -0.115. The zero-order valence-corrected chi connectivity index (χ0v) is 12.0. The van der Waals surface area contributed by atoms with E-state index in [1.165, 1.54) is 6.42 Å². The lowest BCUT2D eigenvalue weighted by Crippen LogP contribution is -2.68. The lowest BCUT2D eigenvalue weighted by atomic mass is 9.56. The van der Waals surface area contributed by atoms with Crippen molar-refractivity contribution in [2.75, 3.05) is 13.7 Å². The second-order valence-corrected chi connectivity index (χ2v) is 6.48. The van der Waals surface area contributed by atoms with Gasteiger partial charge < -0.3 is 15.4 Å². The number of ether oxygens (including phenoxy) is 1. The third kappa shape index (κ3) is 2.28.